The minimum atomic E-state index is 0.773. The molecule has 0 saturated carbocycles. The Morgan fingerprint density at radius 3 is 2.50 bits per heavy atom. The van der Waals surface area contributed by atoms with Crippen LogP contribution in [0, 0.1) is 0 Å². The van der Waals surface area contributed by atoms with E-state index in [0.717, 1.165) is 62.2 Å². The molecule has 1 aliphatic rings. The van der Waals surface area contributed by atoms with Crippen LogP contribution in [0.5, 0.6) is 0 Å². The summed E-state index contributed by atoms with van der Waals surface area (Å²) >= 11 is 0. The Morgan fingerprint density at radius 2 is 1.77 bits per heavy atom. The van der Waals surface area contributed by atoms with Gasteiger partial charge < -0.3 is 9.80 Å². The summed E-state index contributed by atoms with van der Waals surface area (Å²) < 4.78 is 0. The highest BCUT2D eigenvalue weighted by atomic mass is 15.3. The van der Waals surface area contributed by atoms with Crippen molar-refractivity contribution in [2.24, 2.45) is 0 Å². The van der Waals surface area contributed by atoms with Gasteiger partial charge in [0, 0.05) is 71.2 Å². The molecule has 0 amide bonds. The number of rotatable bonds is 7. The molecular weight excluding hydrogens is 372 g/mol. The fourth-order valence-electron chi connectivity index (χ4n) is 3.88. The Kier molecular flexibility index (Phi) is 6.23. The molecule has 0 radical (unpaired) electrons. The molecule has 0 saturated heterocycles. The smallest absolute Gasteiger partial charge is 0.227 e. The van der Waals surface area contributed by atoms with Gasteiger partial charge in [-0.15, -0.1) is 0 Å². The first-order valence-electron chi connectivity index (χ1n) is 10.5. The molecule has 0 atom stereocenters. The maximum atomic E-state index is 4.91. The molecule has 6 heteroatoms. The summed E-state index contributed by atoms with van der Waals surface area (Å²) in [7, 11) is 6.13. The van der Waals surface area contributed by atoms with E-state index in [9.17, 15) is 0 Å². The fourth-order valence-corrected chi connectivity index (χ4v) is 3.88. The van der Waals surface area contributed by atoms with E-state index in [2.05, 4.69) is 58.2 Å². The standard InChI is InChI=1S/C24H30N6/c1-28(2)24-26-22-18-30(17-19-9-5-4-6-10-19)16-13-21(22)23(27-24)29(3)15-12-20-11-7-8-14-25-20/h4-11,14H,12-13,15-18H2,1-3H3. The lowest BCUT2D eigenvalue weighted by Crippen LogP contribution is -2.34. The molecule has 30 heavy (non-hydrogen) atoms. The molecule has 156 valence electrons. The van der Waals surface area contributed by atoms with Crippen LogP contribution in [0.2, 0.25) is 0 Å². The number of hydrogen-bond donors (Lipinski definition) is 0. The third-order valence-corrected chi connectivity index (χ3v) is 5.55. The first-order chi connectivity index (χ1) is 14.6. The highest BCUT2D eigenvalue weighted by molar-refractivity contribution is 5.53. The van der Waals surface area contributed by atoms with Crippen LogP contribution in [0.15, 0.2) is 54.7 Å². The summed E-state index contributed by atoms with van der Waals surface area (Å²) in [5.74, 6) is 1.83. The summed E-state index contributed by atoms with van der Waals surface area (Å²) in [4.78, 5) is 21.0. The van der Waals surface area contributed by atoms with Crippen molar-refractivity contribution in [1.82, 2.24) is 19.9 Å². The molecule has 0 bridgehead atoms. The third-order valence-electron chi connectivity index (χ3n) is 5.55. The van der Waals surface area contributed by atoms with Gasteiger partial charge in [0.25, 0.3) is 0 Å². The van der Waals surface area contributed by atoms with Crippen molar-refractivity contribution in [3.63, 3.8) is 0 Å². The summed E-state index contributed by atoms with van der Waals surface area (Å²) in [5, 5.41) is 0. The van der Waals surface area contributed by atoms with Gasteiger partial charge in [-0.3, -0.25) is 9.88 Å². The minimum Gasteiger partial charge on any atom is -0.359 e. The van der Waals surface area contributed by atoms with Crippen molar-refractivity contribution in [2.75, 3.05) is 44.0 Å². The summed E-state index contributed by atoms with van der Waals surface area (Å²) in [6.45, 7) is 3.70. The zero-order chi connectivity index (χ0) is 20.9. The largest absolute Gasteiger partial charge is 0.359 e. The molecule has 0 aliphatic carbocycles. The van der Waals surface area contributed by atoms with Gasteiger partial charge in [-0.25, -0.2) is 4.98 Å². The number of pyridine rings is 1. The molecule has 1 aromatic carbocycles. The average molecular weight is 403 g/mol. The lowest BCUT2D eigenvalue weighted by Gasteiger charge is -2.32. The summed E-state index contributed by atoms with van der Waals surface area (Å²) in [5.41, 5.74) is 4.88. The van der Waals surface area contributed by atoms with Crippen LogP contribution in [-0.2, 0) is 25.9 Å². The predicted octanol–water partition coefficient (Wildman–Crippen LogP) is 3.17. The highest BCUT2D eigenvalue weighted by Gasteiger charge is 2.24. The van der Waals surface area contributed by atoms with Gasteiger partial charge in [0.15, 0.2) is 0 Å². The van der Waals surface area contributed by atoms with Gasteiger partial charge in [-0.1, -0.05) is 36.4 Å². The van der Waals surface area contributed by atoms with Crippen molar-refractivity contribution in [2.45, 2.75) is 25.9 Å². The second-order valence-electron chi connectivity index (χ2n) is 8.11. The lowest BCUT2D eigenvalue weighted by molar-refractivity contribution is 0.241. The topological polar surface area (TPSA) is 48.4 Å². The molecule has 2 aromatic heterocycles. The summed E-state index contributed by atoms with van der Waals surface area (Å²) in [6.07, 6.45) is 3.72. The Balaban J connectivity index is 1.54. The van der Waals surface area contributed by atoms with Crippen LogP contribution in [0.25, 0.3) is 0 Å². The number of benzene rings is 1. The molecule has 0 N–H and O–H groups in total. The lowest BCUT2D eigenvalue weighted by atomic mass is 10.0. The molecule has 6 nitrogen and oxygen atoms in total. The van der Waals surface area contributed by atoms with E-state index in [4.69, 9.17) is 9.97 Å². The van der Waals surface area contributed by atoms with Gasteiger partial charge in [0.2, 0.25) is 5.95 Å². The maximum absolute atomic E-state index is 4.91. The SMILES string of the molecule is CN(C)c1nc2c(c(N(C)CCc3ccccn3)n1)CCN(Cc1ccccc1)C2. The van der Waals surface area contributed by atoms with Crippen LogP contribution < -0.4 is 9.80 Å². The maximum Gasteiger partial charge on any atom is 0.227 e. The van der Waals surface area contributed by atoms with Crippen LogP contribution >= 0.6 is 0 Å². The molecule has 3 heterocycles. The van der Waals surface area contributed by atoms with Crippen LogP contribution in [0.1, 0.15) is 22.5 Å². The second kappa shape index (κ2) is 9.22. The molecule has 4 rings (SSSR count). The minimum absolute atomic E-state index is 0.773. The first kappa shape index (κ1) is 20.3. The monoisotopic (exact) mass is 402 g/mol. The molecular formula is C24H30N6. The molecule has 0 unspecified atom stereocenters. The molecule has 0 fully saturated rings. The number of nitrogens with zero attached hydrogens (tertiary/aromatic N) is 6. The Labute approximate surface area is 179 Å². The predicted molar refractivity (Wildman–Crippen MR) is 122 cm³/mol. The van der Waals surface area contributed by atoms with Crippen LogP contribution in [0.3, 0.4) is 0 Å². The third kappa shape index (κ3) is 4.76. The number of likely N-dealkylation sites (N-methyl/N-ethyl adjacent to an activating group) is 1. The highest BCUT2D eigenvalue weighted by Crippen LogP contribution is 2.28. The Bertz CT molecular complexity index is 958. The molecule has 0 spiro atoms. The van der Waals surface area contributed by atoms with Gasteiger partial charge in [-0.05, 0) is 24.1 Å². The fraction of sp³-hybridized carbons (Fsp3) is 0.375. The normalized spacial score (nSPS) is 13.7. The zero-order valence-electron chi connectivity index (χ0n) is 18.1. The molecule has 3 aromatic rings. The molecule has 1 aliphatic heterocycles. The van der Waals surface area contributed by atoms with Crippen LogP contribution in [-0.4, -0.2) is 54.1 Å². The second-order valence-corrected chi connectivity index (χ2v) is 8.11. The van der Waals surface area contributed by atoms with E-state index in [1.54, 1.807) is 0 Å². The van der Waals surface area contributed by atoms with Gasteiger partial charge >= 0.3 is 0 Å². The number of hydrogen-bond acceptors (Lipinski definition) is 6. The van der Waals surface area contributed by atoms with Crippen molar-refractivity contribution in [3.05, 3.63) is 77.2 Å². The van der Waals surface area contributed by atoms with E-state index >= 15 is 0 Å². The van der Waals surface area contributed by atoms with Crippen molar-refractivity contribution in [3.8, 4) is 0 Å². The van der Waals surface area contributed by atoms with Gasteiger partial charge in [-0.2, -0.15) is 4.98 Å². The average Bonchev–Trinajstić information content (AvgIpc) is 2.78. The number of anilines is 2. The van der Waals surface area contributed by atoms with E-state index in [-0.39, 0.29) is 0 Å². The van der Waals surface area contributed by atoms with Crippen molar-refractivity contribution in [1.29, 1.82) is 0 Å². The first-order valence-corrected chi connectivity index (χ1v) is 10.5. The number of fused-ring (bicyclic) bond motifs is 1. The van der Waals surface area contributed by atoms with E-state index < -0.39 is 0 Å². The van der Waals surface area contributed by atoms with E-state index in [0.29, 0.717) is 0 Å². The van der Waals surface area contributed by atoms with E-state index in [1.165, 1.54) is 11.1 Å². The number of aromatic nitrogens is 3. The quantitative estimate of drug-likeness (QED) is 0.605. The van der Waals surface area contributed by atoms with E-state index in [1.807, 2.05) is 37.3 Å². The summed E-state index contributed by atoms with van der Waals surface area (Å²) in [6, 6.07) is 16.7. The van der Waals surface area contributed by atoms with Crippen molar-refractivity contribution >= 4 is 11.8 Å². The van der Waals surface area contributed by atoms with Gasteiger partial charge in [0.1, 0.15) is 5.82 Å². The van der Waals surface area contributed by atoms with Crippen molar-refractivity contribution < 1.29 is 0 Å². The van der Waals surface area contributed by atoms with Crippen LogP contribution in [0.4, 0.5) is 11.8 Å². The Hall–Kier alpha value is -2.99. The Morgan fingerprint density at radius 1 is 0.967 bits per heavy atom. The zero-order valence-corrected chi connectivity index (χ0v) is 18.1. The van der Waals surface area contributed by atoms with Gasteiger partial charge in [0.05, 0.1) is 5.69 Å².